The fourth-order valence-corrected chi connectivity index (χ4v) is 19.6. The Labute approximate surface area is 764 Å². The average Bonchev–Trinajstić information content (AvgIpc) is 1.72. The van der Waals surface area contributed by atoms with E-state index < -0.39 is 0 Å². The van der Waals surface area contributed by atoms with Crippen LogP contribution in [0.4, 0.5) is 0 Å². The molecule has 0 bridgehead atoms. The Morgan fingerprint density at radius 1 is 0.135 bits per heavy atom. The van der Waals surface area contributed by atoms with Crippen molar-refractivity contribution in [3.8, 4) is 123 Å². The molecule has 0 aliphatic rings. The Balaban J connectivity index is 0.000000108. The van der Waals surface area contributed by atoms with Crippen LogP contribution >= 0.6 is 0 Å². The summed E-state index contributed by atoms with van der Waals surface area (Å²) in [5.41, 5.74) is 34.2. The van der Waals surface area contributed by atoms with Gasteiger partial charge in [0.15, 0.2) is 0 Å². The summed E-state index contributed by atoms with van der Waals surface area (Å²) < 4.78 is 18.5. The standard InChI is InChI=1S/C46H28N2O.C42H26N2O.C36H22N2O/c1-3-13-29(14-4-1)44-45(30-15-5-2-6-16-30)48-46-38-22-11-20-33(36(38)27-28-40(46)47-44)34-25-26-35(32-18-8-7-17-31(32)34)37-21-12-24-42-43(37)39-19-9-10-23-41(39)49-42;1-3-10-29(11-4-1)40-41(30-12-5-2-6-13-30)44-42-34-24-22-31(26-32(34)23-25-36(42)43-40)27-18-20-28(21-19-27)33-15-9-17-38-39(33)35-14-7-8-16-37(35)45-38;1-3-10-23(11-4-1)34-35(24-12-5-2-6-13-24)38-36-28-20-18-25(22-26(28)19-21-30(36)37-34)27-15-9-17-32-33(27)29-14-7-8-16-31(29)39-32/h1-28H;1-26H;1-22H. The lowest BCUT2D eigenvalue weighted by Gasteiger charge is -2.16. The first-order valence-corrected chi connectivity index (χ1v) is 44.8. The zero-order valence-corrected chi connectivity index (χ0v) is 71.8. The first-order chi connectivity index (χ1) is 65.9. The fraction of sp³-hybridized carbons (Fsp3) is 0. The number of rotatable bonds is 11. The summed E-state index contributed by atoms with van der Waals surface area (Å²) in [5, 5.41) is 15.9. The van der Waals surface area contributed by atoms with Gasteiger partial charge in [0, 0.05) is 81.9 Å². The second-order valence-corrected chi connectivity index (χ2v) is 33.6. The van der Waals surface area contributed by atoms with E-state index in [2.05, 4.69) is 340 Å². The summed E-state index contributed by atoms with van der Waals surface area (Å²) in [6, 6.07) is 160. The number of nitrogens with zero attached hydrogens (tertiary/aromatic N) is 6. The molecular weight excluding hydrogens is 1620 g/mol. The van der Waals surface area contributed by atoms with Gasteiger partial charge in [0.1, 0.15) is 33.5 Å². The van der Waals surface area contributed by atoms with Crippen LogP contribution in [0.5, 0.6) is 0 Å². The molecule has 0 amide bonds. The van der Waals surface area contributed by atoms with Crippen LogP contribution in [0.25, 0.3) is 265 Å². The zero-order chi connectivity index (χ0) is 87.8. The van der Waals surface area contributed by atoms with E-state index in [4.69, 9.17) is 43.2 Å². The molecule has 0 unspecified atom stereocenters. The van der Waals surface area contributed by atoms with Crippen LogP contribution < -0.4 is 0 Å². The SMILES string of the molecule is c1ccc(-c2nc3ccc4c(-c5ccc(-c6cccc7oc8ccccc8c67)c6ccccc56)cccc4c3nc2-c2ccccc2)cc1.c1ccc(-c2nc3ccc4cc(-c5ccc(-c6cccc7oc8ccccc8c67)cc5)ccc4c3nc2-c2ccccc2)cc1.c1ccc(-c2nc3ccc4cc(-c5cccc6oc7ccccc7c56)ccc4c3nc2-c2ccccc2)cc1. The van der Waals surface area contributed by atoms with Crippen LogP contribution in [0.2, 0.25) is 0 Å². The third-order valence-corrected chi connectivity index (χ3v) is 25.8. The third kappa shape index (κ3) is 13.8. The minimum Gasteiger partial charge on any atom is -0.456 e. The van der Waals surface area contributed by atoms with E-state index in [9.17, 15) is 0 Å². The normalized spacial score (nSPS) is 11.6. The molecule has 620 valence electrons. The van der Waals surface area contributed by atoms with E-state index in [1.165, 1.54) is 49.7 Å². The van der Waals surface area contributed by atoms with Crippen molar-refractivity contribution in [3.63, 3.8) is 0 Å². The van der Waals surface area contributed by atoms with Gasteiger partial charge >= 0.3 is 0 Å². The number of hydrogen-bond acceptors (Lipinski definition) is 9. The minimum absolute atomic E-state index is 0.879. The van der Waals surface area contributed by atoms with Crippen molar-refractivity contribution in [1.29, 1.82) is 0 Å². The Bertz CT molecular complexity index is 9240. The van der Waals surface area contributed by atoms with Crippen molar-refractivity contribution in [1.82, 2.24) is 29.9 Å². The van der Waals surface area contributed by atoms with Crippen molar-refractivity contribution < 1.29 is 13.3 Å². The largest absolute Gasteiger partial charge is 0.456 e. The van der Waals surface area contributed by atoms with E-state index in [-0.39, 0.29) is 0 Å². The maximum absolute atomic E-state index is 6.26. The predicted molar refractivity (Wildman–Crippen MR) is 550 cm³/mol. The van der Waals surface area contributed by atoms with E-state index in [0.29, 0.717) is 0 Å². The van der Waals surface area contributed by atoms with E-state index >= 15 is 0 Å². The van der Waals surface area contributed by atoms with Gasteiger partial charge in [-0.3, -0.25) is 0 Å². The van der Waals surface area contributed by atoms with Gasteiger partial charge < -0.3 is 13.3 Å². The highest BCUT2D eigenvalue weighted by Crippen LogP contribution is 2.47. The molecule has 0 atom stereocenters. The molecule has 0 saturated carbocycles. The topological polar surface area (TPSA) is 117 Å². The Hall–Kier alpha value is -17.9. The maximum atomic E-state index is 6.26. The first-order valence-electron chi connectivity index (χ1n) is 44.8. The summed E-state index contributed by atoms with van der Waals surface area (Å²) in [6.07, 6.45) is 0. The molecule has 0 N–H and O–H groups in total. The molecule has 0 fully saturated rings. The van der Waals surface area contributed by atoms with Crippen LogP contribution in [0, 0.1) is 0 Å². The van der Waals surface area contributed by atoms with Crippen molar-refractivity contribution in [2.45, 2.75) is 0 Å². The summed E-state index contributed by atoms with van der Waals surface area (Å²) in [6.45, 7) is 0. The lowest BCUT2D eigenvalue weighted by atomic mass is 9.89. The highest BCUT2D eigenvalue weighted by Gasteiger charge is 2.24. The molecule has 27 rings (SSSR count). The maximum Gasteiger partial charge on any atom is 0.136 e. The van der Waals surface area contributed by atoms with Crippen LogP contribution in [0.15, 0.2) is 474 Å². The summed E-state index contributed by atoms with van der Waals surface area (Å²) in [4.78, 5) is 31.5. The second kappa shape index (κ2) is 32.7. The van der Waals surface area contributed by atoms with Gasteiger partial charge in [-0.15, -0.1) is 0 Å². The van der Waals surface area contributed by atoms with Crippen LogP contribution in [-0.4, -0.2) is 29.9 Å². The van der Waals surface area contributed by atoms with E-state index in [1.807, 2.05) is 121 Å². The number of fused-ring (bicyclic) bond motifs is 19. The molecule has 0 spiro atoms. The highest BCUT2D eigenvalue weighted by atomic mass is 16.3. The molecule has 133 heavy (non-hydrogen) atoms. The Morgan fingerprint density at radius 2 is 0.398 bits per heavy atom. The molecule has 0 aliphatic heterocycles. The first kappa shape index (κ1) is 77.4. The number of benzene rings is 21. The average molecular weight is 1700 g/mol. The summed E-state index contributed by atoms with van der Waals surface area (Å²) in [5.74, 6) is 0. The van der Waals surface area contributed by atoms with Gasteiger partial charge in [0.25, 0.3) is 0 Å². The van der Waals surface area contributed by atoms with Crippen LogP contribution in [-0.2, 0) is 0 Å². The number of para-hydroxylation sites is 3. The van der Waals surface area contributed by atoms with Gasteiger partial charge in [-0.05, 0) is 149 Å². The van der Waals surface area contributed by atoms with Crippen molar-refractivity contribution >= 4 is 142 Å². The molecule has 27 aromatic rings. The van der Waals surface area contributed by atoms with Gasteiger partial charge in [-0.25, -0.2) is 29.9 Å². The molecule has 9 nitrogen and oxygen atoms in total. The third-order valence-electron chi connectivity index (χ3n) is 25.8. The van der Waals surface area contributed by atoms with E-state index in [1.54, 1.807) is 0 Å². The summed E-state index contributed by atoms with van der Waals surface area (Å²) >= 11 is 0. The molecule has 0 saturated heterocycles. The molecule has 21 aromatic carbocycles. The van der Waals surface area contributed by atoms with Gasteiger partial charge in [-0.1, -0.05) is 394 Å². The molecule has 9 heteroatoms. The number of hydrogen-bond donors (Lipinski definition) is 0. The predicted octanol–water partition coefficient (Wildman–Crippen LogP) is 33.5. The van der Waals surface area contributed by atoms with Crippen LogP contribution in [0.1, 0.15) is 0 Å². The Kier molecular flexibility index (Phi) is 19.1. The minimum atomic E-state index is 0.879. The highest BCUT2D eigenvalue weighted by molar-refractivity contribution is 6.20. The Morgan fingerprint density at radius 3 is 0.820 bits per heavy atom. The molecule has 6 aromatic heterocycles. The second-order valence-electron chi connectivity index (χ2n) is 33.6. The molecular formula is C124H76N6O3. The zero-order valence-electron chi connectivity index (χ0n) is 71.8. The molecule has 0 radical (unpaired) electrons. The number of furan rings is 3. The summed E-state index contributed by atoms with van der Waals surface area (Å²) in [7, 11) is 0. The quantitative estimate of drug-likeness (QED) is 0.117. The van der Waals surface area contributed by atoms with E-state index in [0.717, 1.165) is 215 Å². The molecule has 6 heterocycles. The molecule has 0 aliphatic carbocycles. The number of aromatic nitrogens is 6. The van der Waals surface area contributed by atoms with Crippen molar-refractivity contribution in [3.05, 3.63) is 461 Å². The smallest absolute Gasteiger partial charge is 0.136 e. The van der Waals surface area contributed by atoms with Gasteiger partial charge in [0.05, 0.1) is 67.3 Å². The van der Waals surface area contributed by atoms with Gasteiger partial charge in [-0.2, -0.15) is 0 Å². The van der Waals surface area contributed by atoms with Gasteiger partial charge in [0.2, 0.25) is 0 Å². The monoisotopic (exact) mass is 1700 g/mol. The van der Waals surface area contributed by atoms with Crippen LogP contribution in [0.3, 0.4) is 0 Å². The fourth-order valence-electron chi connectivity index (χ4n) is 19.6. The van der Waals surface area contributed by atoms with Crippen molar-refractivity contribution in [2.75, 3.05) is 0 Å². The lowest BCUT2D eigenvalue weighted by molar-refractivity contribution is 0.668. The lowest BCUT2D eigenvalue weighted by Crippen LogP contribution is -1.96. The van der Waals surface area contributed by atoms with Crippen molar-refractivity contribution in [2.24, 2.45) is 0 Å².